The molecule has 0 aromatic carbocycles. The second kappa shape index (κ2) is 3.15. The molecule has 1 nitrogen and oxygen atoms in total. The fraction of sp³-hybridized carbons (Fsp3) is 0.667. The van der Waals surface area contributed by atoms with Gasteiger partial charge >= 0.3 is 0 Å². The molecule has 1 unspecified atom stereocenters. The quantitative estimate of drug-likeness (QED) is 0.499. The summed E-state index contributed by atoms with van der Waals surface area (Å²) in [5, 5.41) is 0.625. The van der Waals surface area contributed by atoms with Gasteiger partial charge in [0.25, 0.3) is 0 Å². The van der Waals surface area contributed by atoms with E-state index < -0.39 is 0 Å². The summed E-state index contributed by atoms with van der Waals surface area (Å²) < 4.78 is 5.12. The van der Waals surface area contributed by atoms with E-state index in [1.807, 2.05) is 18.7 Å². The molecule has 1 atom stereocenters. The van der Waals surface area contributed by atoms with Gasteiger partial charge in [-0.2, -0.15) is 0 Å². The molecular formula is C6H10OS. The minimum atomic E-state index is 0.625. The van der Waals surface area contributed by atoms with Crippen LogP contribution in [0.25, 0.3) is 0 Å². The number of ether oxygens (including phenoxy) is 1. The SMILES string of the molecule is C/C=C\C1COCS1. The van der Waals surface area contributed by atoms with Crippen molar-refractivity contribution in [2.45, 2.75) is 12.2 Å². The van der Waals surface area contributed by atoms with Crippen LogP contribution in [0.4, 0.5) is 0 Å². The summed E-state index contributed by atoms with van der Waals surface area (Å²) in [6.07, 6.45) is 4.25. The Morgan fingerprint density at radius 2 is 2.62 bits per heavy atom. The van der Waals surface area contributed by atoms with Crippen LogP contribution in [0.2, 0.25) is 0 Å². The Kier molecular flexibility index (Phi) is 2.43. The highest BCUT2D eigenvalue weighted by atomic mass is 32.2. The first-order valence-corrected chi connectivity index (χ1v) is 3.80. The molecule has 46 valence electrons. The summed E-state index contributed by atoms with van der Waals surface area (Å²) >= 11 is 1.86. The number of allylic oxidation sites excluding steroid dienone is 1. The van der Waals surface area contributed by atoms with Crippen LogP contribution < -0.4 is 0 Å². The summed E-state index contributed by atoms with van der Waals surface area (Å²) in [6.45, 7) is 2.94. The van der Waals surface area contributed by atoms with Gasteiger partial charge in [-0.3, -0.25) is 0 Å². The molecule has 0 saturated carbocycles. The van der Waals surface area contributed by atoms with Crippen molar-refractivity contribution in [3.8, 4) is 0 Å². The summed E-state index contributed by atoms with van der Waals surface area (Å²) in [4.78, 5) is 0. The predicted molar refractivity (Wildman–Crippen MR) is 37.0 cm³/mol. The van der Waals surface area contributed by atoms with Gasteiger partial charge in [-0.25, -0.2) is 0 Å². The summed E-state index contributed by atoms with van der Waals surface area (Å²) in [5.74, 6) is 0.870. The minimum Gasteiger partial charge on any atom is -0.369 e. The highest BCUT2D eigenvalue weighted by Gasteiger charge is 2.10. The van der Waals surface area contributed by atoms with Gasteiger partial charge in [-0.15, -0.1) is 11.8 Å². The van der Waals surface area contributed by atoms with Gasteiger partial charge in [0.05, 0.1) is 12.5 Å². The summed E-state index contributed by atoms with van der Waals surface area (Å²) in [5.41, 5.74) is 0. The van der Waals surface area contributed by atoms with Gasteiger partial charge in [0, 0.05) is 5.25 Å². The van der Waals surface area contributed by atoms with Crippen LogP contribution in [0.1, 0.15) is 6.92 Å². The maximum atomic E-state index is 5.12. The molecule has 0 aromatic rings. The molecule has 1 rings (SSSR count). The molecular weight excluding hydrogens is 120 g/mol. The molecule has 1 fully saturated rings. The molecule has 0 aromatic heterocycles. The first kappa shape index (κ1) is 6.17. The van der Waals surface area contributed by atoms with Gasteiger partial charge in [0.1, 0.15) is 0 Å². The zero-order valence-corrected chi connectivity index (χ0v) is 5.78. The molecule has 0 amide bonds. The van der Waals surface area contributed by atoms with Crippen molar-refractivity contribution in [1.82, 2.24) is 0 Å². The van der Waals surface area contributed by atoms with E-state index in [0.29, 0.717) is 5.25 Å². The van der Waals surface area contributed by atoms with Crippen molar-refractivity contribution >= 4 is 11.8 Å². The highest BCUT2D eigenvalue weighted by molar-refractivity contribution is 8.00. The lowest BCUT2D eigenvalue weighted by atomic mass is 10.4. The summed E-state index contributed by atoms with van der Waals surface area (Å²) in [7, 11) is 0. The average molecular weight is 130 g/mol. The zero-order valence-electron chi connectivity index (χ0n) is 4.96. The smallest absolute Gasteiger partial charge is 0.0928 e. The van der Waals surface area contributed by atoms with Gasteiger partial charge in [0.2, 0.25) is 0 Å². The molecule has 0 bridgehead atoms. The standard InChI is InChI=1S/C6H10OS/c1-2-3-6-4-7-5-8-6/h2-3,6H,4-5H2,1H3/b3-2-. The molecule has 1 heterocycles. The maximum absolute atomic E-state index is 5.12. The molecule has 1 aliphatic rings. The lowest BCUT2D eigenvalue weighted by Gasteiger charge is -1.93. The average Bonchev–Trinajstić information content (AvgIpc) is 2.19. The molecule has 1 saturated heterocycles. The summed E-state index contributed by atoms with van der Waals surface area (Å²) in [6, 6.07) is 0. The van der Waals surface area contributed by atoms with E-state index >= 15 is 0 Å². The third-order valence-electron chi connectivity index (χ3n) is 1.05. The normalized spacial score (nSPS) is 29.9. The third-order valence-corrected chi connectivity index (χ3v) is 2.08. The van der Waals surface area contributed by atoms with E-state index in [0.717, 1.165) is 12.5 Å². The lowest BCUT2D eigenvalue weighted by Crippen LogP contribution is -1.96. The fourth-order valence-electron chi connectivity index (χ4n) is 0.674. The Morgan fingerprint density at radius 1 is 1.75 bits per heavy atom. The van der Waals surface area contributed by atoms with Gasteiger partial charge in [-0.1, -0.05) is 12.2 Å². The predicted octanol–water partition coefficient (Wildman–Crippen LogP) is 1.65. The largest absolute Gasteiger partial charge is 0.369 e. The van der Waals surface area contributed by atoms with E-state index in [4.69, 9.17) is 4.74 Å². The van der Waals surface area contributed by atoms with Crippen LogP contribution in [0.3, 0.4) is 0 Å². The molecule has 1 aliphatic heterocycles. The molecule has 0 N–H and O–H groups in total. The fourth-order valence-corrected chi connectivity index (χ4v) is 1.50. The van der Waals surface area contributed by atoms with Crippen molar-refractivity contribution in [2.75, 3.05) is 12.5 Å². The van der Waals surface area contributed by atoms with E-state index in [9.17, 15) is 0 Å². The number of hydrogen-bond acceptors (Lipinski definition) is 2. The van der Waals surface area contributed by atoms with E-state index in [-0.39, 0.29) is 0 Å². The van der Waals surface area contributed by atoms with Gasteiger partial charge in [0.15, 0.2) is 0 Å². The van der Waals surface area contributed by atoms with E-state index in [1.165, 1.54) is 0 Å². The van der Waals surface area contributed by atoms with Crippen LogP contribution >= 0.6 is 11.8 Å². The Bertz CT molecular complexity index is 84.5. The van der Waals surface area contributed by atoms with Crippen molar-refractivity contribution in [3.05, 3.63) is 12.2 Å². The number of rotatable bonds is 1. The molecule has 8 heavy (non-hydrogen) atoms. The first-order valence-electron chi connectivity index (χ1n) is 2.75. The zero-order chi connectivity index (χ0) is 5.82. The Hall–Kier alpha value is 0.0500. The maximum Gasteiger partial charge on any atom is 0.0928 e. The molecule has 0 aliphatic carbocycles. The number of hydrogen-bond donors (Lipinski definition) is 0. The Morgan fingerprint density at radius 3 is 3.12 bits per heavy atom. The molecule has 0 radical (unpaired) electrons. The molecule has 0 spiro atoms. The van der Waals surface area contributed by atoms with Crippen LogP contribution in [0.5, 0.6) is 0 Å². The van der Waals surface area contributed by atoms with Crippen molar-refractivity contribution in [3.63, 3.8) is 0 Å². The van der Waals surface area contributed by atoms with E-state index in [2.05, 4.69) is 12.2 Å². The van der Waals surface area contributed by atoms with Crippen molar-refractivity contribution in [2.24, 2.45) is 0 Å². The number of thioether (sulfide) groups is 1. The first-order chi connectivity index (χ1) is 3.93. The molecule has 2 heteroatoms. The van der Waals surface area contributed by atoms with Crippen LogP contribution in [0.15, 0.2) is 12.2 Å². The third kappa shape index (κ3) is 1.53. The second-order valence-electron chi connectivity index (χ2n) is 1.72. The lowest BCUT2D eigenvalue weighted by molar-refractivity contribution is 0.209. The van der Waals surface area contributed by atoms with Crippen molar-refractivity contribution < 1.29 is 4.74 Å². The topological polar surface area (TPSA) is 9.23 Å². The van der Waals surface area contributed by atoms with Gasteiger partial charge in [-0.05, 0) is 6.92 Å². The van der Waals surface area contributed by atoms with Crippen molar-refractivity contribution in [1.29, 1.82) is 0 Å². The Balaban J connectivity index is 2.24. The Labute approximate surface area is 54.1 Å². The van der Waals surface area contributed by atoms with Crippen LogP contribution in [-0.2, 0) is 4.74 Å². The van der Waals surface area contributed by atoms with Crippen LogP contribution in [-0.4, -0.2) is 17.8 Å². The minimum absolute atomic E-state index is 0.625. The van der Waals surface area contributed by atoms with Crippen LogP contribution in [0, 0.1) is 0 Å². The highest BCUT2D eigenvalue weighted by Crippen LogP contribution is 2.19. The van der Waals surface area contributed by atoms with E-state index in [1.54, 1.807) is 0 Å². The van der Waals surface area contributed by atoms with Gasteiger partial charge < -0.3 is 4.74 Å². The monoisotopic (exact) mass is 130 g/mol. The second-order valence-corrected chi connectivity index (χ2v) is 2.89.